The molecule has 0 saturated heterocycles. The number of methoxy groups -OCH3 is 1. The first-order valence-electron chi connectivity index (χ1n) is 8.93. The fourth-order valence-corrected chi connectivity index (χ4v) is 4.07. The Kier molecular flexibility index (Phi) is 5.47. The number of hydrogen-bond acceptors (Lipinski definition) is 6. The highest BCUT2D eigenvalue weighted by Gasteiger charge is 2.20. The SMILES string of the molecule is COCCCOc1ccnc(C[S+]([O-])c2nc3cc4[nH]ncc4cc3[nH]2)c1C. The number of H-pyrrole nitrogens is 2. The first kappa shape index (κ1) is 18.7. The van der Waals surface area contributed by atoms with Crippen LogP contribution in [0.3, 0.4) is 0 Å². The van der Waals surface area contributed by atoms with Gasteiger partial charge in [-0.2, -0.15) is 10.1 Å². The minimum Gasteiger partial charge on any atom is -0.609 e. The number of benzene rings is 1. The molecule has 0 radical (unpaired) electrons. The highest BCUT2D eigenvalue weighted by molar-refractivity contribution is 7.90. The highest BCUT2D eigenvalue weighted by atomic mass is 32.2. The van der Waals surface area contributed by atoms with E-state index in [4.69, 9.17) is 9.47 Å². The number of fused-ring (bicyclic) bond motifs is 2. The van der Waals surface area contributed by atoms with E-state index in [1.807, 2.05) is 25.1 Å². The molecule has 28 heavy (non-hydrogen) atoms. The van der Waals surface area contributed by atoms with Crippen LogP contribution < -0.4 is 4.74 Å². The van der Waals surface area contributed by atoms with Gasteiger partial charge in [-0.3, -0.25) is 15.1 Å². The lowest BCUT2D eigenvalue weighted by Gasteiger charge is -2.12. The molecule has 0 saturated carbocycles. The van der Waals surface area contributed by atoms with E-state index in [0.29, 0.717) is 18.4 Å². The van der Waals surface area contributed by atoms with Gasteiger partial charge in [0.2, 0.25) is 0 Å². The minimum absolute atomic E-state index is 0.264. The third-order valence-corrected chi connectivity index (χ3v) is 5.67. The van der Waals surface area contributed by atoms with Gasteiger partial charge >= 0.3 is 5.16 Å². The van der Waals surface area contributed by atoms with Crippen LogP contribution in [0.4, 0.5) is 0 Å². The molecule has 0 aliphatic carbocycles. The summed E-state index contributed by atoms with van der Waals surface area (Å²) >= 11 is -1.35. The average Bonchev–Trinajstić information content (AvgIpc) is 3.31. The van der Waals surface area contributed by atoms with E-state index < -0.39 is 11.2 Å². The van der Waals surface area contributed by atoms with Crippen molar-refractivity contribution < 1.29 is 14.0 Å². The molecule has 1 unspecified atom stereocenters. The topological polar surface area (TPSA) is 112 Å². The maximum atomic E-state index is 12.9. The molecule has 0 spiro atoms. The van der Waals surface area contributed by atoms with Gasteiger partial charge in [-0.1, -0.05) is 0 Å². The number of nitrogens with one attached hydrogen (secondary N) is 2. The molecule has 0 fully saturated rings. The van der Waals surface area contributed by atoms with Crippen LogP contribution in [0.5, 0.6) is 5.75 Å². The van der Waals surface area contributed by atoms with Crippen LogP contribution in [0.15, 0.2) is 35.7 Å². The molecule has 0 bridgehead atoms. The van der Waals surface area contributed by atoms with Gasteiger partial charge in [0.1, 0.15) is 5.75 Å². The summed E-state index contributed by atoms with van der Waals surface area (Å²) in [5.41, 5.74) is 4.10. The van der Waals surface area contributed by atoms with Gasteiger partial charge in [0.25, 0.3) is 0 Å². The predicted octanol–water partition coefficient (Wildman–Crippen LogP) is 2.87. The van der Waals surface area contributed by atoms with Crippen LogP contribution in [0.2, 0.25) is 0 Å². The average molecular weight is 399 g/mol. The van der Waals surface area contributed by atoms with Crippen LogP contribution in [-0.4, -0.2) is 50.0 Å². The molecule has 3 heterocycles. The zero-order valence-corrected chi connectivity index (χ0v) is 16.5. The van der Waals surface area contributed by atoms with Crippen LogP contribution in [0.25, 0.3) is 21.9 Å². The van der Waals surface area contributed by atoms with E-state index in [9.17, 15) is 4.55 Å². The van der Waals surface area contributed by atoms with Gasteiger partial charge in [-0.05, 0) is 25.1 Å². The zero-order valence-electron chi connectivity index (χ0n) is 15.7. The zero-order chi connectivity index (χ0) is 19.5. The molecule has 0 amide bonds. The summed E-state index contributed by atoms with van der Waals surface area (Å²) in [7, 11) is 1.67. The second-order valence-electron chi connectivity index (χ2n) is 6.43. The smallest absolute Gasteiger partial charge is 0.322 e. The quantitative estimate of drug-likeness (QED) is 0.348. The predicted molar refractivity (Wildman–Crippen MR) is 107 cm³/mol. The van der Waals surface area contributed by atoms with Crippen molar-refractivity contribution in [2.75, 3.05) is 20.3 Å². The van der Waals surface area contributed by atoms with Crippen molar-refractivity contribution in [3.05, 3.63) is 41.9 Å². The monoisotopic (exact) mass is 399 g/mol. The Morgan fingerprint density at radius 2 is 2.11 bits per heavy atom. The number of imidazole rings is 1. The van der Waals surface area contributed by atoms with Crippen molar-refractivity contribution in [1.82, 2.24) is 25.1 Å². The number of aromatic nitrogens is 5. The van der Waals surface area contributed by atoms with Crippen molar-refractivity contribution in [3.63, 3.8) is 0 Å². The number of rotatable bonds is 8. The van der Waals surface area contributed by atoms with E-state index in [2.05, 4.69) is 25.1 Å². The van der Waals surface area contributed by atoms with Crippen LogP contribution in [0, 0.1) is 6.92 Å². The molecule has 2 N–H and O–H groups in total. The summed E-state index contributed by atoms with van der Waals surface area (Å²) in [5, 5.41) is 8.34. The van der Waals surface area contributed by atoms with Gasteiger partial charge in [-0.15, -0.1) is 0 Å². The molecule has 0 aliphatic rings. The lowest BCUT2D eigenvalue weighted by atomic mass is 10.2. The number of ether oxygens (including phenoxy) is 2. The molecule has 1 atom stereocenters. The Morgan fingerprint density at radius 3 is 2.96 bits per heavy atom. The summed E-state index contributed by atoms with van der Waals surface area (Å²) in [4.78, 5) is 12.0. The molecule has 4 rings (SSSR count). The normalized spacial score (nSPS) is 12.7. The molecule has 9 heteroatoms. The third-order valence-electron chi connectivity index (χ3n) is 4.51. The summed E-state index contributed by atoms with van der Waals surface area (Å²) in [6.07, 6.45) is 4.24. The molecular formula is C19H21N5O3S. The number of hydrogen-bond donors (Lipinski definition) is 2. The van der Waals surface area contributed by atoms with E-state index in [0.717, 1.165) is 45.4 Å². The molecule has 1 aromatic carbocycles. The molecule has 0 aliphatic heterocycles. The van der Waals surface area contributed by atoms with Gasteiger partial charge in [0, 0.05) is 48.5 Å². The van der Waals surface area contributed by atoms with Crippen molar-refractivity contribution in [3.8, 4) is 5.75 Å². The Morgan fingerprint density at radius 1 is 1.21 bits per heavy atom. The first-order valence-corrected chi connectivity index (χ1v) is 10.2. The van der Waals surface area contributed by atoms with Crippen molar-refractivity contribution in [2.45, 2.75) is 24.3 Å². The fourth-order valence-electron chi connectivity index (χ4n) is 2.97. The summed E-state index contributed by atoms with van der Waals surface area (Å²) in [6, 6.07) is 5.67. The maximum absolute atomic E-state index is 12.9. The Hall–Kier alpha value is -2.62. The van der Waals surface area contributed by atoms with Crippen molar-refractivity contribution in [2.24, 2.45) is 0 Å². The van der Waals surface area contributed by atoms with Gasteiger partial charge in [0.15, 0.2) is 5.75 Å². The Bertz CT molecular complexity index is 1050. The van der Waals surface area contributed by atoms with Gasteiger partial charge < -0.3 is 14.0 Å². The van der Waals surface area contributed by atoms with E-state index >= 15 is 0 Å². The van der Waals surface area contributed by atoms with Crippen LogP contribution >= 0.6 is 0 Å². The summed E-state index contributed by atoms with van der Waals surface area (Å²) in [6.45, 7) is 3.14. The molecular weight excluding hydrogens is 378 g/mol. The number of nitrogens with zero attached hydrogens (tertiary/aromatic N) is 3. The van der Waals surface area contributed by atoms with E-state index in [1.54, 1.807) is 19.5 Å². The van der Waals surface area contributed by atoms with Crippen LogP contribution in [0.1, 0.15) is 17.7 Å². The molecule has 8 nitrogen and oxygen atoms in total. The second kappa shape index (κ2) is 8.17. The second-order valence-corrected chi connectivity index (χ2v) is 7.80. The van der Waals surface area contributed by atoms with E-state index in [-0.39, 0.29) is 5.75 Å². The van der Waals surface area contributed by atoms with Gasteiger partial charge in [0.05, 0.1) is 35.0 Å². The third kappa shape index (κ3) is 3.82. The summed E-state index contributed by atoms with van der Waals surface area (Å²) < 4.78 is 23.7. The van der Waals surface area contributed by atoms with Gasteiger partial charge in [-0.25, -0.2) is 0 Å². The minimum atomic E-state index is -1.35. The first-order chi connectivity index (χ1) is 13.7. The summed E-state index contributed by atoms with van der Waals surface area (Å²) in [5.74, 6) is 1.02. The number of aromatic amines is 2. The lowest BCUT2D eigenvalue weighted by Crippen LogP contribution is -2.10. The maximum Gasteiger partial charge on any atom is 0.322 e. The molecule has 3 aromatic heterocycles. The van der Waals surface area contributed by atoms with Crippen molar-refractivity contribution >= 4 is 33.1 Å². The number of pyridine rings is 1. The largest absolute Gasteiger partial charge is 0.609 e. The Balaban J connectivity index is 1.51. The standard InChI is InChI=1S/C19H21N5O3S/c1-12-17(20-5-4-18(12)27-7-3-6-26-2)11-28(25)19-22-15-8-13-10-21-24-14(13)9-16(15)23-19/h4-5,8-10H,3,6-7,11H2,1-2H3,(H,21,24)(H,22,23). The molecule has 146 valence electrons. The fraction of sp³-hybridized carbons (Fsp3) is 0.316. The Labute approximate surface area is 164 Å². The highest BCUT2D eigenvalue weighted by Crippen LogP contribution is 2.25. The van der Waals surface area contributed by atoms with Crippen LogP contribution in [-0.2, 0) is 21.7 Å². The van der Waals surface area contributed by atoms with E-state index in [1.165, 1.54) is 0 Å². The van der Waals surface area contributed by atoms with Crippen molar-refractivity contribution in [1.29, 1.82) is 0 Å². The molecule has 4 aromatic rings. The lowest BCUT2D eigenvalue weighted by molar-refractivity contribution is 0.172.